The average molecular weight is 423 g/mol. The van der Waals surface area contributed by atoms with Crippen LogP contribution >= 0.6 is 11.8 Å². The maximum Gasteiger partial charge on any atom is 0.416 e. The average Bonchev–Trinajstić information content (AvgIpc) is 2.89. The third-order valence-electron chi connectivity index (χ3n) is 5.41. The standard InChI is InChI=1S/C21H20F3NO3S/c1-11-8-9-25(14-10-13(21(22,23)24)6-7-17(14)29-11)20(27)19-12(2)18-15(26)4-3-5-16(18)28-19/h6-7,10-11H,3-5,8-9H2,1-2H3. The SMILES string of the molecule is Cc1c(C(=O)N2CCC(C)Sc3ccc(C(F)(F)F)cc32)oc2c1C(=O)CCC2. The number of hydrogen-bond acceptors (Lipinski definition) is 4. The number of rotatable bonds is 1. The van der Waals surface area contributed by atoms with Gasteiger partial charge in [0.15, 0.2) is 11.5 Å². The molecule has 1 aliphatic heterocycles. The summed E-state index contributed by atoms with van der Waals surface area (Å²) in [5.74, 6) is 0.00317. The lowest BCUT2D eigenvalue weighted by atomic mass is 9.94. The van der Waals surface area contributed by atoms with Gasteiger partial charge >= 0.3 is 6.18 Å². The van der Waals surface area contributed by atoms with Crippen molar-refractivity contribution in [1.29, 1.82) is 0 Å². The number of ketones is 1. The number of Topliss-reactive ketones (excluding diaryl/α,β-unsaturated/α-hetero) is 1. The van der Waals surface area contributed by atoms with E-state index in [1.54, 1.807) is 6.92 Å². The zero-order valence-electron chi connectivity index (χ0n) is 16.1. The largest absolute Gasteiger partial charge is 0.455 e. The molecule has 0 saturated heterocycles. The van der Waals surface area contributed by atoms with Crippen LogP contribution in [-0.2, 0) is 12.6 Å². The Balaban J connectivity index is 1.79. The van der Waals surface area contributed by atoms with E-state index in [0.717, 1.165) is 12.1 Å². The third-order valence-corrected chi connectivity index (χ3v) is 6.65. The van der Waals surface area contributed by atoms with Crippen molar-refractivity contribution in [2.45, 2.75) is 55.9 Å². The molecule has 2 aliphatic rings. The summed E-state index contributed by atoms with van der Waals surface area (Å²) in [5, 5.41) is 0.149. The molecule has 0 spiro atoms. The molecular formula is C21H20F3NO3S. The minimum atomic E-state index is -4.50. The number of aryl methyl sites for hydroxylation is 1. The minimum absolute atomic E-state index is 0.0492. The van der Waals surface area contributed by atoms with Gasteiger partial charge in [0.2, 0.25) is 0 Å². The fourth-order valence-corrected chi connectivity index (χ4v) is 4.99. The minimum Gasteiger partial charge on any atom is -0.455 e. The van der Waals surface area contributed by atoms with Gasteiger partial charge in [0.1, 0.15) is 5.76 Å². The second-order valence-corrected chi connectivity index (χ2v) is 8.97. The number of carbonyl (C=O) groups is 2. The lowest BCUT2D eigenvalue weighted by molar-refractivity contribution is -0.137. The molecule has 0 radical (unpaired) electrons. The van der Waals surface area contributed by atoms with Crippen LogP contribution in [0.1, 0.15) is 64.0 Å². The smallest absolute Gasteiger partial charge is 0.416 e. The van der Waals surface area contributed by atoms with Crippen LogP contribution in [0, 0.1) is 6.92 Å². The first kappa shape index (κ1) is 20.1. The van der Waals surface area contributed by atoms with Gasteiger partial charge in [-0.2, -0.15) is 13.2 Å². The number of hydrogen-bond donors (Lipinski definition) is 0. The molecule has 0 fully saturated rings. The number of alkyl halides is 3. The molecule has 0 bridgehead atoms. The van der Waals surface area contributed by atoms with E-state index in [1.807, 2.05) is 6.92 Å². The van der Waals surface area contributed by atoms with Crippen molar-refractivity contribution < 1.29 is 27.2 Å². The molecule has 1 aliphatic carbocycles. The topological polar surface area (TPSA) is 50.5 Å². The molecule has 1 atom stereocenters. The van der Waals surface area contributed by atoms with Crippen molar-refractivity contribution in [2.24, 2.45) is 0 Å². The first-order chi connectivity index (χ1) is 13.7. The van der Waals surface area contributed by atoms with E-state index in [9.17, 15) is 22.8 Å². The van der Waals surface area contributed by atoms with Gasteiger partial charge in [-0.05, 0) is 38.0 Å². The van der Waals surface area contributed by atoms with Crippen LogP contribution < -0.4 is 4.90 Å². The number of fused-ring (bicyclic) bond motifs is 2. The maximum absolute atomic E-state index is 13.4. The van der Waals surface area contributed by atoms with Crippen LogP contribution in [0.3, 0.4) is 0 Å². The predicted octanol–water partition coefficient (Wildman–Crippen LogP) is 5.66. The van der Waals surface area contributed by atoms with E-state index >= 15 is 0 Å². The Kier molecular flexibility index (Phi) is 5.01. The number of halogens is 3. The summed E-state index contributed by atoms with van der Waals surface area (Å²) in [6.45, 7) is 3.93. The summed E-state index contributed by atoms with van der Waals surface area (Å²) in [4.78, 5) is 27.6. The predicted molar refractivity (Wildman–Crippen MR) is 104 cm³/mol. The van der Waals surface area contributed by atoms with Crippen molar-refractivity contribution in [3.63, 3.8) is 0 Å². The highest BCUT2D eigenvalue weighted by molar-refractivity contribution is 8.00. The molecule has 4 rings (SSSR count). The Morgan fingerprint density at radius 1 is 1.28 bits per heavy atom. The molecule has 4 nitrogen and oxygen atoms in total. The first-order valence-corrected chi connectivity index (χ1v) is 10.4. The molecule has 0 saturated carbocycles. The Morgan fingerprint density at radius 2 is 2.03 bits per heavy atom. The Labute approximate surface area is 170 Å². The molecule has 29 heavy (non-hydrogen) atoms. The van der Waals surface area contributed by atoms with Crippen molar-refractivity contribution in [2.75, 3.05) is 11.4 Å². The highest BCUT2D eigenvalue weighted by Crippen LogP contribution is 2.42. The highest BCUT2D eigenvalue weighted by Gasteiger charge is 2.36. The summed E-state index contributed by atoms with van der Waals surface area (Å²) in [6, 6.07) is 3.50. The summed E-state index contributed by atoms with van der Waals surface area (Å²) >= 11 is 1.45. The van der Waals surface area contributed by atoms with Crippen LogP contribution in [0.5, 0.6) is 0 Å². The van der Waals surface area contributed by atoms with Crippen LogP contribution in [-0.4, -0.2) is 23.5 Å². The number of anilines is 1. The van der Waals surface area contributed by atoms with Gasteiger partial charge < -0.3 is 9.32 Å². The first-order valence-electron chi connectivity index (χ1n) is 9.52. The summed E-state index contributed by atoms with van der Waals surface area (Å²) in [7, 11) is 0. The van der Waals surface area contributed by atoms with E-state index in [-0.39, 0.29) is 29.0 Å². The summed E-state index contributed by atoms with van der Waals surface area (Å²) < 4.78 is 45.6. The van der Waals surface area contributed by atoms with Crippen LogP contribution in [0.2, 0.25) is 0 Å². The fraction of sp³-hybridized carbons (Fsp3) is 0.429. The molecule has 1 unspecified atom stereocenters. The quantitative estimate of drug-likeness (QED) is 0.594. The molecule has 2 aromatic rings. The van der Waals surface area contributed by atoms with Gasteiger partial charge in [-0.1, -0.05) is 6.92 Å². The van der Waals surface area contributed by atoms with Crippen molar-refractivity contribution >= 4 is 29.1 Å². The van der Waals surface area contributed by atoms with Crippen LogP contribution in [0.15, 0.2) is 27.5 Å². The Hall–Kier alpha value is -2.22. The lowest BCUT2D eigenvalue weighted by Crippen LogP contribution is -2.32. The molecule has 1 aromatic heterocycles. The second-order valence-electron chi connectivity index (χ2n) is 7.49. The highest BCUT2D eigenvalue weighted by atomic mass is 32.2. The molecule has 1 amide bonds. The molecular weight excluding hydrogens is 403 g/mol. The van der Waals surface area contributed by atoms with E-state index < -0.39 is 17.6 Å². The van der Waals surface area contributed by atoms with Gasteiger partial charge in [-0.25, -0.2) is 0 Å². The number of carbonyl (C=O) groups excluding carboxylic acids is 2. The van der Waals surface area contributed by atoms with Crippen molar-refractivity contribution in [3.8, 4) is 0 Å². The fourth-order valence-electron chi connectivity index (χ4n) is 3.90. The zero-order valence-corrected chi connectivity index (χ0v) is 16.9. The van der Waals surface area contributed by atoms with Gasteiger partial charge in [-0.3, -0.25) is 9.59 Å². The zero-order chi connectivity index (χ0) is 20.9. The number of amides is 1. The van der Waals surface area contributed by atoms with E-state index in [4.69, 9.17) is 4.42 Å². The van der Waals surface area contributed by atoms with E-state index in [0.29, 0.717) is 47.5 Å². The number of thioether (sulfide) groups is 1. The second kappa shape index (κ2) is 7.23. The number of benzene rings is 1. The van der Waals surface area contributed by atoms with E-state index in [2.05, 4.69) is 0 Å². The van der Waals surface area contributed by atoms with Crippen molar-refractivity contribution in [1.82, 2.24) is 0 Å². The summed E-state index contributed by atoms with van der Waals surface area (Å²) in [6.07, 6.45) is -2.21. The van der Waals surface area contributed by atoms with Crippen LogP contribution in [0.4, 0.5) is 18.9 Å². The number of nitrogens with zero attached hydrogens (tertiary/aromatic N) is 1. The molecule has 0 N–H and O–H groups in total. The molecule has 1 aromatic carbocycles. The molecule has 2 heterocycles. The molecule has 154 valence electrons. The van der Waals surface area contributed by atoms with Crippen LogP contribution in [0.25, 0.3) is 0 Å². The van der Waals surface area contributed by atoms with Gasteiger partial charge in [0, 0.05) is 35.1 Å². The Bertz CT molecular complexity index is 996. The van der Waals surface area contributed by atoms with Crippen molar-refractivity contribution in [3.05, 3.63) is 46.4 Å². The molecule has 8 heteroatoms. The monoisotopic (exact) mass is 423 g/mol. The lowest BCUT2D eigenvalue weighted by Gasteiger charge is -2.23. The number of furan rings is 1. The van der Waals surface area contributed by atoms with E-state index in [1.165, 1.54) is 22.7 Å². The Morgan fingerprint density at radius 3 is 2.72 bits per heavy atom. The van der Waals surface area contributed by atoms with Gasteiger partial charge in [-0.15, -0.1) is 11.8 Å². The maximum atomic E-state index is 13.4. The third kappa shape index (κ3) is 3.58. The summed E-state index contributed by atoms with van der Waals surface area (Å²) in [5.41, 5.74) is 0.378. The normalized spacial score (nSPS) is 19.6. The van der Waals surface area contributed by atoms with Gasteiger partial charge in [0.05, 0.1) is 16.8 Å². The van der Waals surface area contributed by atoms with Gasteiger partial charge in [0.25, 0.3) is 5.91 Å².